The van der Waals surface area contributed by atoms with Crippen molar-refractivity contribution in [3.8, 4) is 11.8 Å². The van der Waals surface area contributed by atoms with Crippen molar-refractivity contribution in [2.75, 3.05) is 5.32 Å². The maximum Gasteiger partial charge on any atom is 0.416 e. The molecule has 0 spiro atoms. The molecule has 0 aliphatic heterocycles. The minimum absolute atomic E-state index is 0.0434. The maximum atomic E-state index is 13.0. The highest BCUT2D eigenvalue weighted by Crippen LogP contribution is 2.36. The van der Waals surface area contributed by atoms with Gasteiger partial charge in [-0.05, 0) is 55.5 Å². The molecule has 0 saturated heterocycles. The minimum Gasteiger partial charge on any atom is -0.377 e. The lowest BCUT2D eigenvalue weighted by atomic mass is 10.1. The Morgan fingerprint density at radius 3 is 2.36 bits per heavy atom. The van der Waals surface area contributed by atoms with Gasteiger partial charge in [0.15, 0.2) is 5.75 Å². The van der Waals surface area contributed by atoms with E-state index in [1.54, 1.807) is 25.1 Å². The number of aryl methyl sites for hydroxylation is 1. The van der Waals surface area contributed by atoms with Crippen LogP contribution < -0.4 is 9.50 Å². The predicted molar refractivity (Wildman–Crippen MR) is 129 cm³/mol. The topological polar surface area (TPSA) is 96.3 Å². The molecule has 0 aromatic heterocycles. The summed E-state index contributed by atoms with van der Waals surface area (Å²) < 4.78 is 69.6. The molecule has 0 atom stereocenters. The molecule has 36 heavy (non-hydrogen) atoms. The van der Waals surface area contributed by atoms with Gasteiger partial charge in [-0.2, -0.15) is 26.9 Å². The number of hydrogen-bond acceptors (Lipinski definition) is 5. The highest BCUT2D eigenvalue weighted by atomic mass is 35.5. The Kier molecular flexibility index (Phi) is 7.99. The third kappa shape index (κ3) is 6.57. The number of halogens is 5. The van der Waals surface area contributed by atoms with Gasteiger partial charge >= 0.3 is 16.3 Å². The first-order valence-corrected chi connectivity index (χ1v) is 12.1. The molecule has 0 bridgehead atoms. The number of nitrogens with zero attached hydrogens (tertiary/aromatic N) is 1. The highest BCUT2D eigenvalue weighted by molar-refractivity contribution is 7.87. The van der Waals surface area contributed by atoms with E-state index in [-0.39, 0.29) is 26.2 Å². The van der Waals surface area contributed by atoms with E-state index < -0.39 is 39.1 Å². The third-order valence-corrected chi connectivity index (χ3v) is 6.39. The van der Waals surface area contributed by atoms with E-state index in [0.717, 1.165) is 23.8 Å². The second kappa shape index (κ2) is 10.6. The zero-order chi connectivity index (χ0) is 26.7. The summed E-state index contributed by atoms with van der Waals surface area (Å²) in [7, 11) is -4.36. The molecule has 0 aliphatic rings. The molecule has 0 fully saturated rings. The molecule has 1 N–H and O–H groups in total. The molecule has 6 nitrogen and oxygen atoms in total. The van der Waals surface area contributed by atoms with Gasteiger partial charge < -0.3 is 9.50 Å². The Bertz CT molecular complexity index is 1500. The molecule has 3 aromatic rings. The molecular formula is C24H15Cl2F3N2O4S. The highest BCUT2D eigenvalue weighted by Gasteiger charge is 2.30. The van der Waals surface area contributed by atoms with Crippen LogP contribution in [0, 0.1) is 18.3 Å². The van der Waals surface area contributed by atoms with Crippen molar-refractivity contribution in [2.24, 2.45) is 0 Å². The molecule has 0 radical (unpaired) electrons. The van der Waals surface area contributed by atoms with Crippen LogP contribution in [0.4, 0.5) is 18.9 Å². The zero-order valence-electron chi connectivity index (χ0n) is 18.2. The molecule has 0 heterocycles. The lowest BCUT2D eigenvalue weighted by Crippen LogP contribution is -2.15. The van der Waals surface area contributed by atoms with E-state index in [4.69, 9.17) is 27.4 Å². The molecule has 0 unspecified atom stereocenters. The summed E-state index contributed by atoms with van der Waals surface area (Å²) in [6.45, 7) is 1.77. The average molecular weight is 555 g/mol. The van der Waals surface area contributed by atoms with E-state index in [9.17, 15) is 31.6 Å². The van der Waals surface area contributed by atoms with E-state index in [0.29, 0.717) is 6.07 Å². The van der Waals surface area contributed by atoms with Crippen LogP contribution in [-0.2, 0) is 21.1 Å². The van der Waals surface area contributed by atoms with Crippen molar-refractivity contribution in [3.63, 3.8) is 0 Å². The summed E-state index contributed by atoms with van der Waals surface area (Å²) in [5, 5.41) is 11.5. The summed E-state index contributed by atoms with van der Waals surface area (Å²) in [5.74, 6) is -1.46. The smallest absolute Gasteiger partial charge is 0.377 e. The molecular weight excluding hydrogens is 540 g/mol. The number of carbonyl (C=O) groups is 1. The van der Waals surface area contributed by atoms with Gasteiger partial charge in [-0.25, -0.2) is 0 Å². The summed E-state index contributed by atoms with van der Waals surface area (Å²) in [5.41, 5.74) is -1.10. The van der Waals surface area contributed by atoms with Crippen molar-refractivity contribution >= 4 is 51.0 Å². The molecule has 12 heteroatoms. The predicted octanol–water partition coefficient (Wildman–Crippen LogP) is 6.63. The number of rotatable bonds is 6. The van der Waals surface area contributed by atoms with E-state index >= 15 is 0 Å². The molecule has 1 amide bonds. The normalized spacial score (nSPS) is 12.1. The molecule has 3 aromatic carbocycles. The van der Waals surface area contributed by atoms with Crippen LogP contribution in [0.1, 0.15) is 16.7 Å². The average Bonchev–Trinajstić information content (AvgIpc) is 2.79. The number of nitriles is 1. The number of alkyl halides is 3. The lowest BCUT2D eigenvalue weighted by Gasteiger charge is -2.13. The zero-order valence-corrected chi connectivity index (χ0v) is 20.6. The number of carbonyl (C=O) groups excluding carboxylic acids is 1. The standard InChI is InChI=1S/C24H15Cl2F3N2O4S/c1-14-5-7-20(8-6-14)36(33,34)35-22-15(10-18(25)12-21(22)26)9-16(13-30)23(32)31-19-4-2-3-17(11-19)24(27,28)29/h2-12H,1H3,(H,31,32)/b16-9+. The van der Waals surface area contributed by atoms with Gasteiger partial charge in [0.05, 0.1) is 10.6 Å². The quantitative estimate of drug-likeness (QED) is 0.209. The fraction of sp³-hybridized carbons (Fsp3) is 0.0833. The van der Waals surface area contributed by atoms with Gasteiger partial charge in [0.1, 0.15) is 16.5 Å². The largest absolute Gasteiger partial charge is 0.416 e. The van der Waals surface area contributed by atoms with Crippen LogP contribution in [0.5, 0.6) is 5.75 Å². The van der Waals surface area contributed by atoms with Crippen molar-refractivity contribution in [3.05, 3.63) is 93.0 Å². The van der Waals surface area contributed by atoms with Crippen LogP contribution in [0.3, 0.4) is 0 Å². The van der Waals surface area contributed by atoms with Crippen molar-refractivity contribution < 1.29 is 30.6 Å². The van der Waals surface area contributed by atoms with Crippen LogP contribution in [-0.4, -0.2) is 14.3 Å². The summed E-state index contributed by atoms with van der Waals surface area (Å²) in [6, 6.07) is 13.6. The van der Waals surface area contributed by atoms with Gasteiger partial charge in [-0.3, -0.25) is 4.79 Å². The summed E-state index contributed by atoms with van der Waals surface area (Å²) >= 11 is 12.2. The van der Waals surface area contributed by atoms with Crippen molar-refractivity contribution in [2.45, 2.75) is 18.0 Å². The van der Waals surface area contributed by atoms with Gasteiger partial charge in [0.2, 0.25) is 0 Å². The minimum atomic E-state index is -4.64. The fourth-order valence-corrected chi connectivity index (χ4v) is 4.48. The van der Waals surface area contributed by atoms with E-state index in [1.807, 2.05) is 0 Å². The van der Waals surface area contributed by atoms with Crippen LogP contribution in [0.25, 0.3) is 6.08 Å². The molecule has 0 saturated carbocycles. The van der Waals surface area contributed by atoms with Gasteiger partial charge in [0, 0.05) is 16.3 Å². The number of amides is 1. The Morgan fingerprint density at radius 1 is 1.08 bits per heavy atom. The fourth-order valence-electron chi connectivity index (χ4n) is 2.91. The Balaban J connectivity index is 1.98. The van der Waals surface area contributed by atoms with Gasteiger partial charge in [-0.15, -0.1) is 0 Å². The number of hydrogen-bond donors (Lipinski definition) is 1. The van der Waals surface area contributed by atoms with Crippen molar-refractivity contribution in [1.29, 1.82) is 5.26 Å². The molecule has 0 aliphatic carbocycles. The first-order valence-electron chi connectivity index (χ1n) is 9.91. The number of benzene rings is 3. The van der Waals surface area contributed by atoms with Gasteiger partial charge in [0.25, 0.3) is 5.91 Å². The Morgan fingerprint density at radius 2 is 1.75 bits per heavy atom. The maximum absolute atomic E-state index is 13.0. The van der Waals surface area contributed by atoms with Crippen LogP contribution >= 0.6 is 23.2 Å². The Labute approximate surface area is 214 Å². The number of anilines is 1. The summed E-state index contributed by atoms with van der Waals surface area (Å²) in [6.07, 6.45) is -3.68. The molecule has 3 rings (SSSR count). The first-order chi connectivity index (χ1) is 16.8. The third-order valence-electron chi connectivity index (χ3n) is 4.65. The summed E-state index contributed by atoms with van der Waals surface area (Å²) in [4.78, 5) is 12.5. The Hall–Kier alpha value is -3.52. The van der Waals surface area contributed by atoms with E-state index in [2.05, 4.69) is 5.32 Å². The second-order valence-electron chi connectivity index (χ2n) is 7.36. The van der Waals surface area contributed by atoms with Crippen LogP contribution in [0.15, 0.2) is 71.1 Å². The van der Waals surface area contributed by atoms with Crippen molar-refractivity contribution in [1.82, 2.24) is 0 Å². The first kappa shape index (κ1) is 27.1. The van der Waals surface area contributed by atoms with E-state index in [1.165, 1.54) is 30.3 Å². The monoisotopic (exact) mass is 554 g/mol. The lowest BCUT2D eigenvalue weighted by molar-refractivity contribution is -0.137. The SMILES string of the molecule is Cc1ccc(S(=O)(=O)Oc2c(Cl)cc(Cl)cc2/C=C(\C#N)C(=O)Nc2cccc(C(F)(F)F)c2)cc1. The van der Waals surface area contributed by atoms with Gasteiger partial charge in [-0.1, -0.05) is 47.0 Å². The molecule has 186 valence electrons. The van der Waals surface area contributed by atoms with Crippen LogP contribution in [0.2, 0.25) is 10.0 Å². The number of nitrogens with one attached hydrogen (secondary N) is 1. The second-order valence-corrected chi connectivity index (χ2v) is 9.75.